The van der Waals surface area contributed by atoms with Gasteiger partial charge in [-0.3, -0.25) is 4.98 Å². The van der Waals surface area contributed by atoms with E-state index < -0.39 is 0 Å². The van der Waals surface area contributed by atoms with Crippen molar-refractivity contribution in [2.24, 2.45) is 0 Å². The van der Waals surface area contributed by atoms with Gasteiger partial charge in [-0.25, -0.2) is 8.78 Å². The van der Waals surface area contributed by atoms with E-state index in [2.05, 4.69) is 4.98 Å². The number of aryl methyl sites for hydroxylation is 1. The second-order valence-corrected chi connectivity index (χ2v) is 4.84. The molecule has 21 heavy (non-hydrogen) atoms. The molecule has 0 spiro atoms. The molecule has 1 aromatic heterocycles. The molecular weight excluding hydrogens is 268 g/mol. The Labute approximate surface area is 121 Å². The fourth-order valence-electron chi connectivity index (χ4n) is 2.33. The average Bonchev–Trinajstić information content (AvgIpc) is 2.49. The highest BCUT2D eigenvalue weighted by Crippen LogP contribution is 2.29. The van der Waals surface area contributed by atoms with Gasteiger partial charge in [0.15, 0.2) is 0 Å². The first kappa shape index (κ1) is 13.4. The highest BCUT2D eigenvalue weighted by atomic mass is 19.1. The summed E-state index contributed by atoms with van der Waals surface area (Å²) in [7, 11) is 0. The Balaban J connectivity index is 2.09. The lowest BCUT2D eigenvalue weighted by atomic mass is 10.00. The van der Waals surface area contributed by atoms with Crippen LogP contribution in [-0.2, 0) is 0 Å². The van der Waals surface area contributed by atoms with E-state index in [0.717, 1.165) is 5.56 Å². The van der Waals surface area contributed by atoms with Crippen LogP contribution in [-0.4, -0.2) is 4.98 Å². The van der Waals surface area contributed by atoms with Gasteiger partial charge in [-0.05, 0) is 36.8 Å². The van der Waals surface area contributed by atoms with Crippen molar-refractivity contribution in [1.82, 2.24) is 4.98 Å². The van der Waals surface area contributed by atoms with Crippen molar-refractivity contribution >= 4 is 0 Å². The predicted molar refractivity (Wildman–Crippen MR) is 79.8 cm³/mol. The minimum absolute atomic E-state index is 0.291. The van der Waals surface area contributed by atoms with E-state index in [1.54, 1.807) is 48.7 Å². The second kappa shape index (κ2) is 5.44. The van der Waals surface area contributed by atoms with Crippen LogP contribution in [0.1, 0.15) is 5.56 Å². The molecule has 0 saturated carbocycles. The molecular formula is C18H13F2N. The molecule has 0 amide bonds. The van der Waals surface area contributed by atoms with Gasteiger partial charge < -0.3 is 0 Å². The van der Waals surface area contributed by atoms with Crippen LogP contribution < -0.4 is 0 Å². The lowest BCUT2D eigenvalue weighted by Gasteiger charge is -2.09. The zero-order valence-corrected chi connectivity index (χ0v) is 11.5. The van der Waals surface area contributed by atoms with E-state index >= 15 is 0 Å². The summed E-state index contributed by atoms with van der Waals surface area (Å²) in [4.78, 5) is 4.28. The normalized spacial score (nSPS) is 10.6. The van der Waals surface area contributed by atoms with Crippen molar-refractivity contribution in [3.8, 4) is 22.4 Å². The molecule has 0 aliphatic rings. The van der Waals surface area contributed by atoms with Gasteiger partial charge in [0.2, 0.25) is 0 Å². The van der Waals surface area contributed by atoms with Crippen molar-refractivity contribution in [2.75, 3.05) is 0 Å². The Morgan fingerprint density at radius 1 is 0.762 bits per heavy atom. The summed E-state index contributed by atoms with van der Waals surface area (Å²) in [6, 6.07) is 14.8. The van der Waals surface area contributed by atoms with Crippen molar-refractivity contribution in [1.29, 1.82) is 0 Å². The fraction of sp³-hybridized carbons (Fsp3) is 0.0556. The summed E-state index contributed by atoms with van der Waals surface area (Å²) in [5, 5.41) is 0. The highest BCUT2D eigenvalue weighted by molar-refractivity contribution is 5.70. The molecule has 0 N–H and O–H groups in total. The molecule has 3 aromatic rings. The zero-order chi connectivity index (χ0) is 14.8. The standard InChI is InChI=1S/C18H13F2N/c1-12-10-18(14-7-3-5-9-17(14)20)21-11-15(12)13-6-2-4-8-16(13)19/h2-11H,1H3. The highest BCUT2D eigenvalue weighted by Gasteiger charge is 2.11. The summed E-state index contributed by atoms with van der Waals surface area (Å²) in [6.07, 6.45) is 1.59. The van der Waals surface area contributed by atoms with Gasteiger partial charge in [0.25, 0.3) is 0 Å². The van der Waals surface area contributed by atoms with Crippen LogP contribution in [0.3, 0.4) is 0 Å². The third-order valence-electron chi connectivity index (χ3n) is 3.42. The largest absolute Gasteiger partial charge is 0.255 e. The Hall–Kier alpha value is -2.55. The molecule has 0 atom stereocenters. The van der Waals surface area contributed by atoms with Crippen LogP contribution in [0.2, 0.25) is 0 Å². The molecule has 0 saturated heterocycles. The quantitative estimate of drug-likeness (QED) is 0.644. The van der Waals surface area contributed by atoms with Gasteiger partial charge in [-0.15, -0.1) is 0 Å². The first-order valence-electron chi connectivity index (χ1n) is 6.63. The summed E-state index contributed by atoms with van der Waals surface area (Å²) in [6.45, 7) is 1.87. The molecule has 0 fully saturated rings. The van der Waals surface area contributed by atoms with Crippen molar-refractivity contribution in [3.05, 3.63) is 78.0 Å². The van der Waals surface area contributed by atoms with Gasteiger partial charge in [0.05, 0.1) is 5.69 Å². The zero-order valence-electron chi connectivity index (χ0n) is 11.5. The molecule has 3 heteroatoms. The summed E-state index contributed by atoms with van der Waals surface area (Å²) in [5.41, 5.74) is 3.07. The molecule has 0 aliphatic heterocycles. The minimum Gasteiger partial charge on any atom is -0.255 e. The van der Waals surface area contributed by atoms with E-state index in [0.29, 0.717) is 22.4 Å². The van der Waals surface area contributed by atoms with Crippen molar-refractivity contribution in [3.63, 3.8) is 0 Å². The number of rotatable bonds is 2. The Bertz CT molecular complexity index is 797. The molecule has 1 heterocycles. The summed E-state index contributed by atoms with van der Waals surface area (Å²) < 4.78 is 27.6. The molecule has 0 bridgehead atoms. The molecule has 0 radical (unpaired) electrons. The fourth-order valence-corrected chi connectivity index (χ4v) is 2.33. The third kappa shape index (κ3) is 2.55. The monoisotopic (exact) mass is 281 g/mol. The van der Waals surface area contributed by atoms with E-state index in [4.69, 9.17) is 0 Å². The van der Waals surface area contributed by atoms with Crippen LogP contribution in [0, 0.1) is 18.6 Å². The maximum Gasteiger partial charge on any atom is 0.132 e. The topological polar surface area (TPSA) is 12.9 Å². The van der Waals surface area contributed by atoms with Gasteiger partial charge in [0.1, 0.15) is 11.6 Å². The maximum absolute atomic E-state index is 13.9. The number of hydrogen-bond donors (Lipinski definition) is 0. The summed E-state index contributed by atoms with van der Waals surface area (Å²) >= 11 is 0. The van der Waals surface area contributed by atoms with Crippen molar-refractivity contribution in [2.45, 2.75) is 6.92 Å². The molecule has 0 unspecified atom stereocenters. The molecule has 1 nitrogen and oxygen atoms in total. The molecule has 3 rings (SSSR count). The number of aromatic nitrogens is 1. The minimum atomic E-state index is -0.317. The van der Waals surface area contributed by atoms with Gasteiger partial charge in [-0.1, -0.05) is 30.3 Å². The van der Waals surface area contributed by atoms with Crippen molar-refractivity contribution < 1.29 is 8.78 Å². The SMILES string of the molecule is Cc1cc(-c2ccccc2F)ncc1-c1ccccc1F. The van der Waals surface area contributed by atoms with Gasteiger partial charge in [-0.2, -0.15) is 0 Å². The maximum atomic E-state index is 13.9. The van der Waals surface area contributed by atoms with E-state index in [1.165, 1.54) is 12.1 Å². The summed E-state index contributed by atoms with van der Waals surface area (Å²) in [5.74, 6) is -0.607. The lowest BCUT2D eigenvalue weighted by molar-refractivity contribution is 0.630. The van der Waals surface area contributed by atoms with E-state index in [1.807, 2.05) is 6.92 Å². The molecule has 0 aliphatic carbocycles. The molecule has 2 aromatic carbocycles. The number of nitrogens with zero attached hydrogens (tertiary/aromatic N) is 1. The average molecular weight is 281 g/mol. The second-order valence-electron chi connectivity index (χ2n) is 4.84. The number of hydrogen-bond acceptors (Lipinski definition) is 1. The first-order valence-corrected chi connectivity index (χ1v) is 6.63. The first-order chi connectivity index (χ1) is 10.2. The third-order valence-corrected chi connectivity index (χ3v) is 3.42. The smallest absolute Gasteiger partial charge is 0.132 e. The molecule has 104 valence electrons. The van der Waals surface area contributed by atoms with Crippen LogP contribution in [0.4, 0.5) is 8.78 Å². The van der Waals surface area contributed by atoms with Crippen LogP contribution in [0.15, 0.2) is 60.8 Å². The lowest BCUT2D eigenvalue weighted by Crippen LogP contribution is -1.93. The Kier molecular flexibility index (Phi) is 3.48. The Morgan fingerprint density at radius 2 is 1.33 bits per heavy atom. The number of halogens is 2. The van der Waals surface area contributed by atoms with Crippen LogP contribution in [0.25, 0.3) is 22.4 Å². The van der Waals surface area contributed by atoms with Gasteiger partial charge in [0, 0.05) is 22.9 Å². The van der Waals surface area contributed by atoms with E-state index in [9.17, 15) is 8.78 Å². The van der Waals surface area contributed by atoms with E-state index in [-0.39, 0.29) is 11.6 Å². The Morgan fingerprint density at radius 3 is 1.90 bits per heavy atom. The van der Waals surface area contributed by atoms with Crippen LogP contribution in [0.5, 0.6) is 0 Å². The number of benzene rings is 2. The van der Waals surface area contributed by atoms with Gasteiger partial charge >= 0.3 is 0 Å². The van der Waals surface area contributed by atoms with Crippen LogP contribution >= 0.6 is 0 Å². The predicted octanol–water partition coefficient (Wildman–Crippen LogP) is 5.00. The number of pyridine rings is 1.